The molecule has 2 aromatic carbocycles. The largest absolute Gasteiger partial charge is 0.497 e. The second kappa shape index (κ2) is 10.7. The minimum Gasteiger partial charge on any atom is -0.497 e. The number of nitrogens with zero attached hydrogens (tertiary/aromatic N) is 1. The van der Waals surface area contributed by atoms with Crippen LogP contribution >= 0.6 is 0 Å². The standard InChI is InChI=1S/C21H20N2O4.C2H6/c1-25-17-8-4-14(5-9-17)18-13-16(22-23-18)7-10-19(24)15-6-11-20(26-2)21(12-15)27-3;1-2/h4-13H,1-3H3,(H,22,23);1-2H3/b10-7+;. The molecule has 0 aliphatic carbocycles. The minimum atomic E-state index is -0.142. The van der Waals surface area contributed by atoms with Crippen LogP contribution in [0.5, 0.6) is 17.2 Å². The highest BCUT2D eigenvalue weighted by atomic mass is 16.5. The van der Waals surface area contributed by atoms with E-state index in [0.717, 1.165) is 22.7 Å². The van der Waals surface area contributed by atoms with Crippen molar-refractivity contribution in [1.29, 1.82) is 0 Å². The highest BCUT2D eigenvalue weighted by Gasteiger charge is 2.09. The molecule has 6 heteroatoms. The van der Waals surface area contributed by atoms with E-state index in [0.29, 0.717) is 17.1 Å². The molecule has 0 saturated carbocycles. The molecule has 1 heterocycles. The number of rotatable bonds is 7. The van der Waals surface area contributed by atoms with Gasteiger partial charge in [-0.15, -0.1) is 0 Å². The maximum Gasteiger partial charge on any atom is 0.186 e. The number of carbonyl (C=O) groups is 1. The Bertz CT molecular complexity index is 959. The molecule has 152 valence electrons. The lowest BCUT2D eigenvalue weighted by Crippen LogP contribution is -1.97. The molecule has 0 unspecified atom stereocenters. The number of hydrogen-bond acceptors (Lipinski definition) is 5. The fourth-order valence-corrected chi connectivity index (χ4v) is 2.58. The van der Waals surface area contributed by atoms with Crippen LogP contribution in [0.3, 0.4) is 0 Å². The van der Waals surface area contributed by atoms with Crippen molar-refractivity contribution in [3.05, 3.63) is 65.9 Å². The molecule has 1 aromatic heterocycles. The van der Waals surface area contributed by atoms with Crippen molar-refractivity contribution in [3.63, 3.8) is 0 Å². The molecule has 0 atom stereocenters. The third-order valence-electron chi connectivity index (χ3n) is 4.07. The summed E-state index contributed by atoms with van der Waals surface area (Å²) in [5.41, 5.74) is 2.99. The number of benzene rings is 2. The van der Waals surface area contributed by atoms with Crippen molar-refractivity contribution in [2.75, 3.05) is 21.3 Å². The lowest BCUT2D eigenvalue weighted by molar-refractivity contribution is 0.104. The summed E-state index contributed by atoms with van der Waals surface area (Å²) in [6, 6.07) is 14.5. The van der Waals surface area contributed by atoms with E-state index in [4.69, 9.17) is 14.2 Å². The van der Waals surface area contributed by atoms with Crippen molar-refractivity contribution in [1.82, 2.24) is 10.2 Å². The monoisotopic (exact) mass is 394 g/mol. The molecular formula is C23H26N2O4. The molecule has 29 heavy (non-hydrogen) atoms. The molecule has 0 saturated heterocycles. The van der Waals surface area contributed by atoms with Gasteiger partial charge in [0.05, 0.1) is 32.7 Å². The maximum absolute atomic E-state index is 12.4. The van der Waals surface area contributed by atoms with E-state index >= 15 is 0 Å². The van der Waals surface area contributed by atoms with Crippen LogP contribution in [-0.4, -0.2) is 37.3 Å². The third kappa shape index (κ3) is 5.48. The van der Waals surface area contributed by atoms with Gasteiger partial charge < -0.3 is 14.2 Å². The number of ether oxygens (including phenoxy) is 3. The summed E-state index contributed by atoms with van der Waals surface area (Å²) in [6.45, 7) is 4.00. The SMILES string of the molecule is CC.COc1ccc(-c2cc(/C=C/C(=O)c3ccc(OC)c(OC)c3)[nH]n2)cc1. The van der Waals surface area contributed by atoms with Gasteiger partial charge in [0.15, 0.2) is 17.3 Å². The highest BCUT2D eigenvalue weighted by molar-refractivity contribution is 6.07. The summed E-state index contributed by atoms with van der Waals surface area (Å²) in [4.78, 5) is 12.4. The van der Waals surface area contributed by atoms with Gasteiger partial charge in [0.25, 0.3) is 0 Å². The van der Waals surface area contributed by atoms with Crippen LogP contribution in [0.2, 0.25) is 0 Å². The van der Waals surface area contributed by atoms with Crippen molar-refractivity contribution in [2.45, 2.75) is 13.8 Å². The first kappa shape index (κ1) is 21.8. The predicted octanol–water partition coefficient (Wildman–Crippen LogP) is 5.02. The Morgan fingerprint density at radius 2 is 1.59 bits per heavy atom. The van der Waals surface area contributed by atoms with Gasteiger partial charge in [-0.1, -0.05) is 13.8 Å². The summed E-state index contributed by atoms with van der Waals surface area (Å²) < 4.78 is 15.6. The van der Waals surface area contributed by atoms with Crippen molar-refractivity contribution in [2.24, 2.45) is 0 Å². The number of aromatic nitrogens is 2. The van der Waals surface area contributed by atoms with E-state index < -0.39 is 0 Å². The number of methoxy groups -OCH3 is 3. The lowest BCUT2D eigenvalue weighted by Gasteiger charge is -2.07. The molecule has 1 N–H and O–H groups in total. The van der Waals surface area contributed by atoms with E-state index in [9.17, 15) is 4.79 Å². The molecule has 3 rings (SSSR count). The molecule has 0 aliphatic rings. The molecule has 0 amide bonds. The van der Waals surface area contributed by atoms with E-state index in [1.165, 1.54) is 13.2 Å². The Morgan fingerprint density at radius 3 is 2.21 bits per heavy atom. The molecule has 3 aromatic rings. The Kier molecular flexibility index (Phi) is 8.03. The second-order valence-electron chi connectivity index (χ2n) is 5.70. The summed E-state index contributed by atoms with van der Waals surface area (Å²) in [5, 5.41) is 7.19. The number of allylic oxidation sites excluding steroid dienone is 1. The van der Waals surface area contributed by atoms with Crippen LogP contribution in [-0.2, 0) is 0 Å². The number of nitrogens with one attached hydrogen (secondary N) is 1. The van der Waals surface area contributed by atoms with Crippen molar-refractivity contribution in [3.8, 4) is 28.5 Å². The van der Waals surface area contributed by atoms with Crippen molar-refractivity contribution < 1.29 is 19.0 Å². The molecular weight excluding hydrogens is 368 g/mol. The minimum absolute atomic E-state index is 0.142. The highest BCUT2D eigenvalue weighted by Crippen LogP contribution is 2.28. The van der Waals surface area contributed by atoms with Crippen LogP contribution in [0.15, 0.2) is 54.6 Å². The van der Waals surface area contributed by atoms with Gasteiger partial charge in [0.1, 0.15) is 5.75 Å². The fourth-order valence-electron chi connectivity index (χ4n) is 2.58. The van der Waals surface area contributed by atoms with Crippen LogP contribution in [0, 0.1) is 0 Å². The first-order valence-corrected chi connectivity index (χ1v) is 9.29. The summed E-state index contributed by atoms with van der Waals surface area (Å²) in [5.74, 6) is 1.74. The first-order valence-electron chi connectivity index (χ1n) is 9.29. The zero-order valence-corrected chi connectivity index (χ0v) is 17.4. The van der Waals surface area contributed by atoms with Gasteiger partial charge in [-0.05, 0) is 60.7 Å². The lowest BCUT2D eigenvalue weighted by atomic mass is 10.1. The maximum atomic E-state index is 12.4. The van der Waals surface area contributed by atoms with Crippen LogP contribution in [0.4, 0.5) is 0 Å². The Hall–Kier alpha value is -3.54. The Labute approximate surface area is 171 Å². The van der Waals surface area contributed by atoms with E-state index in [2.05, 4.69) is 10.2 Å². The van der Waals surface area contributed by atoms with E-state index in [-0.39, 0.29) is 5.78 Å². The van der Waals surface area contributed by atoms with Gasteiger partial charge in [-0.2, -0.15) is 5.10 Å². The molecule has 0 aliphatic heterocycles. The number of aromatic amines is 1. The normalized spacial score (nSPS) is 10.2. The molecule has 0 radical (unpaired) electrons. The predicted molar refractivity (Wildman–Crippen MR) is 115 cm³/mol. The van der Waals surface area contributed by atoms with Gasteiger partial charge >= 0.3 is 0 Å². The summed E-state index contributed by atoms with van der Waals surface area (Å²) in [6.07, 6.45) is 3.19. The number of hydrogen-bond donors (Lipinski definition) is 1. The number of ketones is 1. The molecule has 0 spiro atoms. The third-order valence-corrected chi connectivity index (χ3v) is 4.07. The number of carbonyl (C=O) groups excluding carboxylic acids is 1. The smallest absolute Gasteiger partial charge is 0.186 e. The van der Waals surface area contributed by atoms with Gasteiger partial charge in [-0.25, -0.2) is 0 Å². The van der Waals surface area contributed by atoms with E-state index in [1.54, 1.807) is 38.5 Å². The molecule has 6 nitrogen and oxygen atoms in total. The van der Waals surface area contributed by atoms with Crippen LogP contribution in [0.1, 0.15) is 29.9 Å². The fraction of sp³-hybridized carbons (Fsp3) is 0.217. The quantitative estimate of drug-likeness (QED) is 0.450. The Morgan fingerprint density at radius 1 is 0.897 bits per heavy atom. The Balaban J connectivity index is 0.00000145. The second-order valence-corrected chi connectivity index (χ2v) is 5.70. The zero-order chi connectivity index (χ0) is 21.2. The number of H-pyrrole nitrogens is 1. The molecule has 0 bridgehead atoms. The van der Waals surface area contributed by atoms with Gasteiger partial charge in [0.2, 0.25) is 0 Å². The van der Waals surface area contributed by atoms with Gasteiger partial charge in [0, 0.05) is 11.1 Å². The average Bonchev–Trinajstić information content (AvgIpc) is 3.27. The topological polar surface area (TPSA) is 73.4 Å². The van der Waals surface area contributed by atoms with Crippen LogP contribution in [0.25, 0.3) is 17.3 Å². The first-order chi connectivity index (χ1) is 14.1. The van der Waals surface area contributed by atoms with Gasteiger partial charge in [-0.3, -0.25) is 9.89 Å². The average molecular weight is 394 g/mol. The summed E-state index contributed by atoms with van der Waals surface area (Å²) in [7, 11) is 4.72. The van der Waals surface area contributed by atoms with Crippen molar-refractivity contribution >= 4 is 11.9 Å². The zero-order valence-electron chi connectivity index (χ0n) is 17.4. The van der Waals surface area contributed by atoms with E-state index in [1.807, 2.05) is 44.2 Å². The van der Waals surface area contributed by atoms with Crippen LogP contribution < -0.4 is 14.2 Å². The molecule has 0 fully saturated rings. The summed E-state index contributed by atoms with van der Waals surface area (Å²) >= 11 is 0.